The number of likely N-dealkylation sites (tertiary alicyclic amines) is 1. The Morgan fingerprint density at radius 2 is 1.85 bits per heavy atom. The standard InChI is InChI=1S/C11H20N2/c1-13-3-2-10(7-13)12-11-5-8-4-9(8)6-11/h8-12H,2-7H2,1H3. The summed E-state index contributed by atoms with van der Waals surface area (Å²) in [7, 11) is 2.23. The summed E-state index contributed by atoms with van der Waals surface area (Å²) < 4.78 is 0. The third kappa shape index (κ3) is 1.62. The van der Waals surface area contributed by atoms with Gasteiger partial charge in [-0.1, -0.05) is 0 Å². The van der Waals surface area contributed by atoms with Crippen LogP contribution in [0.25, 0.3) is 0 Å². The van der Waals surface area contributed by atoms with Gasteiger partial charge in [0, 0.05) is 18.6 Å². The summed E-state index contributed by atoms with van der Waals surface area (Å²) in [5.41, 5.74) is 0. The van der Waals surface area contributed by atoms with Gasteiger partial charge in [-0.25, -0.2) is 0 Å². The van der Waals surface area contributed by atoms with Crippen LogP contribution in [0.15, 0.2) is 0 Å². The number of likely N-dealkylation sites (N-methyl/N-ethyl adjacent to an activating group) is 1. The van der Waals surface area contributed by atoms with E-state index < -0.39 is 0 Å². The molecule has 74 valence electrons. The first kappa shape index (κ1) is 8.25. The maximum atomic E-state index is 3.83. The fraction of sp³-hybridized carbons (Fsp3) is 1.00. The molecule has 2 nitrogen and oxygen atoms in total. The summed E-state index contributed by atoms with van der Waals surface area (Å²) >= 11 is 0. The number of hydrogen-bond acceptors (Lipinski definition) is 2. The van der Waals surface area contributed by atoms with Crippen LogP contribution in [-0.4, -0.2) is 37.1 Å². The summed E-state index contributed by atoms with van der Waals surface area (Å²) in [4.78, 5) is 2.44. The van der Waals surface area contributed by atoms with E-state index in [4.69, 9.17) is 0 Å². The molecule has 3 aliphatic rings. The maximum absolute atomic E-state index is 3.83. The second-order valence-electron chi connectivity index (χ2n) is 5.34. The van der Waals surface area contributed by atoms with E-state index >= 15 is 0 Å². The molecule has 3 atom stereocenters. The summed E-state index contributed by atoms with van der Waals surface area (Å²) in [5.74, 6) is 2.24. The average molecular weight is 180 g/mol. The van der Waals surface area contributed by atoms with Crippen LogP contribution in [0.5, 0.6) is 0 Å². The zero-order chi connectivity index (χ0) is 8.84. The summed E-state index contributed by atoms with van der Waals surface area (Å²) in [6.07, 6.45) is 5.86. The lowest BCUT2D eigenvalue weighted by Crippen LogP contribution is -2.38. The van der Waals surface area contributed by atoms with Crippen LogP contribution < -0.4 is 5.32 Å². The molecule has 13 heavy (non-hydrogen) atoms. The molecule has 0 aromatic heterocycles. The first-order valence-corrected chi connectivity index (χ1v) is 5.76. The molecule has 0 spiro atoms. The Hall–Kier alpha value is -0.0800. The minimum absolute atomic E-state index is 0.799. The third-order valence-corrected chi connectivity index (χ3v) is 4.11. The fourth-order valence-electron chi connectivity index (χ4n) is 3.26. The van der Waals surface area contributed by atoms with Crippen LogP contribution in [0, 0.1) is 11.8 Å². The highest BCUT2D eigenvalue weighted by Crippen LogP contribution is 2.51. The number of fused-ring (bicyclic) bond motifs is 1. The van der Waals surface area contributed by atoms with E-state index in [0.717, 1.165) is 23.9 Å². The highest BCUT2D eigenvalue weighted by molar-refractivity contribution is 5.00. The van der Waals surface area contributed by atoms with Crippen LogP contribution in [0.1, 0.15) is 25.7 Å². The van der Waals surface area contributed by atoms with Gasteiger partial charge in [0.15, 0.2) is 0 Å². The Labute approximate surface area is 80.7 Å². The van der Waals surface area contributed by atoms with Crippen molar-refractivity contribution in [1.82, 2.24) is 10.2 Å². The molecule has 0 amide bonds. The van der Waals surface area contributed by atoms with E-state index in [1.807, 2.05) is 0 Å². The Morgan fingerprint density at radius 1 is 1.08 bits per heavy atom. The van der Waals surface area contributed by atoms with E-state index in [1.165, 1.54) is 32.4 Å². The summed E-state index contributed by atoms with van der Waals surface area (Å²) in [5, 5.41) is 3.83. The van der Waals surface area contributed by atoms with Gasteiger partial charge >= 0.3 is 0 Å². The Morgan fingerprint density at radius 3 is 2.46 bits per heavy atom. The molecule has 1 saturated heterocycles. The van der Waals surface area contributed by atoms with Crippen LogP contribution in [0.4, 0.5) is 0 Å². The van der Waals surface area contributed by atoms with Gasteiger partial charge in [-0.05, 0) is 51.1 Å². The predicted octanol–water partition coefficient (Wildman–Crippen LogP) is 1.08. The maximum Gasteiger partial charge on any atom is 0.0209 e. The van der Waals surface area contributed by atoms with Crippen molar-refractivity contribution in [3.8, 4) is 0 Å². The highest BCUT2D eigenvalue weighted by Gasteiger charge is 2.46. The summed E-state index contributed by atoms with van der Waals surface area (Å²) in [6, 6.07) is 1.67. The first-order valence-electron chi connectivity index (χ1n) is 5.76. The van der Waals surface area contributed by atoms with Gasteiger partial charge in [0.05, 0.1) is 0 Å². The number of hydrogen-bond donors (Lipinski definition) is 1. The van der Waals surface area contributed by atoms with Crippen LogP contribution in [0.2, 0.25) is 0 Å². The average Bonchev–Trinajstić information content (AvgIpc) is 2.55. The van der Waals surface area contributed by atoms with Crippen molar-refractivity contribution in [2.45, 2.75) is 37.8 Å². The smallest absolute Gasteiger partial charge is 0.0209 e. The molecule has 1 heterocycles. The Balaban J connectivity index is 1.47. The van der Waals surface area contributed by atoms with Crippen molar-refractivity contribution in [3.63, 3.8) is 0 Å². The lowest BCUT2D eigenvalue weighted by molar-refractivity contribution is 0.372. The number of nitrogens with one attached hydrogen (secondary N) is 1. The topological polar surface area (TPSA) is 15.3 Å². The second-order valence-corrected chi connectivity index (χ2v) is 5.34. The third-order valence-electron chi connectivity index (χ3n) is 4.11. The number of rotatable bonds is 2. The van der Waals surface area contributed by atoms with Crippen LogP contribution in [0.3, 0.4) is 0 Å². The predicted molar refractivity (Wildman–Crippen MR) is 53.7 cm³/mol. The molecule has 2 heteroatoms. The van der Waals surface area contributed by atoms with E-state index in [1.54, 1.807) is 6.42 Å². The Bertz CT molecular complexity index is 189. The van der Waals surface area contributed by atoms with Gasteiger partial charge in [-0.3, -0.25) is 0 Å². The molecule has 3 unspecified atom stereocenters. The van der Waals surface area contributed by atoms with Crippen molar-refractivity contribution < 1.29 is 0 Å². The van der Waals surface area contributed by atoms with Crippen molar-refractivity contribution >= 4 is 0 Å². The van der Waals surface area contributed by atoms with Crippen molar-refractivity contribution in [1.29, 1.82) is 0 Å². The van der Waals surface area contributed by atoms with E-state index in [9.17, 15) is 0 Å². The number of nitrogens with zero attached hydrogens (tertiary/aromatic N) is 1. The molecule has 1 N–H and O–H groups in total. The van der Waals surface area contributed by atoms with E-state index in [2.05, 4.69) is 17.3 Å². The van der Waals surface area contributed by atoms with Gasteiger partial charge in [-0.2, -0.15) is 0 Å². The van der Waals surface area contributed by atoms with Crippen LogP contribution in [-0.2, 0) is 0 Å². The molecule has 0 aromatic carbocycles. The Kier molecular flexibility index (Phi) is 1.88. The SMILES string of the molecule is CN1CCC(NC2CC3CC3C2)C1. The monoisotopic (exact) mass is 180 g/mol. The van der Waals surface area contributed by atoms with Gasteiger partial charge < -0.3 is 10.2 Å². The molecule has 2 aliphatic carbocycles. The molecular weight excluding hydrogens is 160 g/mol. The quantitative estimate of drug-likeness (QED) is 0.684. The first-order chi connectivity index (χ1) is 6.31. The second kappa shape index (κ2) is 2.96. The van der Waals surface area contributed by atoms with E-state index in [0.29, 0.717) is 0 Å². The van der Waals surface area contributed by atoms with Gasteiger partial charge in [0.1, 0.15) is 0 Å². The summed E-state index contributed by atoms with van der Waals surface area (Å²) in [6.45, 7) is 2.56. The molecule has 3 fully saturated rings. The zero-order valence-electron chi connectivity index (χ0n) is 8.50. The normalized spacial score (nSPS) is 49.6. The molecule has 0 aromatic rings. The largest absolute Gasteiger partial charge is 0.310 e. The highest BCUT2D eigenvalue weighted by atomic mass is 15.2. The fourth-order valence-corrected chi connectivity index (χ4v) is 3.26. The minimum atomic E-state index is 0.799. The molecule has 1 aliphatic heterocycles. The van der Waals surface area contributed by atoms with Crippen molar-refractivity contribution in [3.05, 3.63) is 0 Å². The van der Waals surface area contributed by atoms with Crippen molar-refractivity contribution in [2.75, 3.05) is 20.1 Å². The van der Waals surface area contributed by atoms with Crippen molar-refractivity contribution in [2.24, 2.45) is 11.8 Å². The van der Waals surface area contributed by atoms with E-state index in [-0.39, 0.29) is 0 Å². The minimum Gasteiger partial charge on any atom is -0.310 e. The lowest BCUT2D eigenvalue weighted by atomic mass is 10.1. The van der Waals surface area contributed by atoms with Crippen LogP contribution >= 0.6 is 0 Å². The van der Waals surface area contributed by atoms with Gasteiger partial charge in [0.25, 0.3) is 0 Å². The molecule has 2 saturated carbocycles. The molecule has 3 rings (SSSR count). The van der Waals surface area contributed by atoms with Gasteiger partial charge in [-0.15, -0.1) is 0 Å². The lowest BCUT2D eigenvalue weighted by Gasteiger charge is -2.19. The molecule has 0 bridgehead atoms. The van der Waals surface area contributed by atoms with Gasteiger partial charge in [0.2, 0.25) is 0 Å². The zero-order valence-corrected chi connectivity index (χ0v) is 8.50. The molecular formula is C11H20N2. The molecule has 0 radical (unpaired) electrons.